The summed E-state index contributed by atoms with van der Waals surface area (Å²) < 4.78 is 0. The van der Waals surface area contributed by atoms with E-state index in [2.05, 4.69) is 6.07 Å². The summed E-state index contributed by atoms with van der Waals surface area (Å²) in [7, 11) is 0. The van der Waals surface area contributed by atoms with E-state index in [0.717, 1.165) is 5.56 Å². The maximum absolute atomic E-state index is 10.7. The minimum atomic E-state index is 0.0799. The van der Waals surface area contributed by atoms with Gasteiger partial charge in [0.05, 0.1) is 11.6 Å². The van der Waals surface area contributed by atoms with Crippen molar-refractivity contribution >= 4 is 34.6 Å². The number of thioether (sulfide) groups is 1. The van der Waals surface area contributed by atoms with Gasteiger partial charge in [-0.1, -0.05) is 35.5 Å². The Balaban J connectivity index is 2.76. The number of benzene rings is 1. The Kier molecular flexibility index (Phi) is 5.10. The van der Waals surface area contributed by atoms with Gasteiger partial charge in [-0.15, -0.1) is 0 Å². The highest BCUT2D eigenvalue weighted by Gasteiger charge is 1.99. The van der Waals surface area contributed by atoms with Gasteiger partial charge in [-0.25, -0.2) is 0 Å². The quantitative estimate of drug-likeness (QED) is 0.826. The molecule has 16 heavy (non-hydrogen) atoms. The van der Waals surface area contributed by atoms with Gasteiger partial charge >= 0.3 is 0 Å². The van der Waals surface area contributed by atoms with E-state index in [0.29, 0.717) is 16.3 Å². The fourth-order valence-corrected chi connectivity index (χ4v) is 1.72. The van der Waals surface area contributed by atoms with Crippen LogP contribution in [0.3, 0.4) is 0 Å². The molecule has 0 unspecified atom stereocenters. The molecular formula is C12H10ClNOS. The summed E-state index contributed by atoms with van der Waals surface area (Å²) in [6, 6.07) is 7.18. The maximum atomic E-state index is 10.7. The normalized spacial score (nSPS) is 10.3. The molecule has 0 saturated carbocycles. The van der Waals surface area contributed by atoms with Crippen molar-refractivity contribution in [1.29, 1.82) is 5.26 Å². The topological polar surface area (TPSA) is 40.9 Å². The van der Waals surface area contributed by atoms with E-state index < -0.39 is 0 Å². The van der Waals surface area contributed by atoms with Gasteiger partial charge in [0.15, 0.2) is 5.12 Å². The molecule has 82 valence electrons. The third kappa shape index (κ3) is 4.09. The SMILES string of the molecule is CC(=O)SCC=Cc1cc(Cl)ccc1C#N. The van der Waals surface area contributed by atoms with Gasteiger partial charge in [-0.2, -0.15) is 5.26 Å². The van der Waals surface area contributed by atoms with Crippen LogP contribution in [0.4, 0.5) is 0 Å². The predicted octanol–water partition coefficient (Wildman–Crippen LogP) is 3.50. The van der Waals surface area contributed by atoms with Crippen molar-refractivity contribution in [3.05, 3.63) is 40.4 Å². The molecule has 0 saturated heterocycles. The molecule has 0 aliphatic rings. The highest BCUT2D eigenvalue weighted by Crippen LogP contribution is 2.17. The van der Waals surface area contributed by atoms with Gasteiger partial charge in [-0.05, 0) is 23.8 Å². The number of halogens is 1. The number of carbonyl (C=O) groups is 1. The second-order valence-corrected chi connectivity index (χ2v) is 4.68. The number of hydrogen-bond donors (Lipinski definition) is 0. The molecule has 1 aromatic carbocycles. The van der Waals surface area contributed by atoms with Crippen molar-refractivity contribution in [2.24, 2.45) is 0 Å². The Hall–Kier alpha value is -1.24. The van der Waals surface area contributed by atoms with Crippen LogP contribution in [-0.4, -0.2) is 10.9 Å². The Morgan fingerprint density at radius 2 is 2.38 bits per heavy atom. The van der Waals surface area contributed by atoms with Crippen LogP contribution < -0.4 is 0 Å². The lowest BCUT2D eigenvalue weighted by Gasteiger charge is -1.98. The predicted molar refractivity (Wildman–Crippen MR) is 68.3 cm³/mol. The van der Waals surface area contributed by atoms with Crippen molar-refractivity contribution in [3.8, 4) is 6.07 Å². The fraction of sp³-hybridized carbons (Fsp3) is 0.167. The lowest BCUT2D eigenvalue weighted by molar-refractivity contribution is -0.109. The van der Waals surface area contributed by atoms with Crippen molar-refractivity contribution in [2.45, 2.75) is 6.92 Å². The lowest BCUT2D eigenvalue weighted by Crippen LogP contribution is -1.84. The molecule has 0 amide bonds. The summed E-state index contributed by atoms with van der Waals surface area (Å²) >= 11 is 7.06. The van der Waals surface area contributed by atoms with Crippen molar-refractivity contribution in [3.63, 3.8) is 0 Å². The van der Waals surface area contributed by atoms with Crippen LogP contribution >= 0.6 is 23.4 Å². The Morgan fingerprint density at radius 3 is 3.00 bits per heavy atom. The average Bonchev–Trinajstić information content (AvgIpc) is 2.24. The van der Waals surface area contributed by atoms with E-state index in [9.17, 15) is 4.79 Å². The van der Waals surface area contributed by atoms with Gasteiger partial charge in [0, 0.05) is 17.7 Å². The third-order valence-corrected chi connectivity index (χ3v) is 2.82. The molecule has 0 atom stereocenters. The largest absolute Gasteiger partial charge is 0.288 e. The summed E-state index contributed by atoms with van der Waals surface area (Å²) in [4.78, 5) is 10.7. The summed E-state index contributed by atoms with van der Waals surface area (Å²) in [5.41, 5.74) is 1.35. The highest BCUT2D eigenvalue weighted by molar-refractivity contribution is 8.13. The van der Waals surface area contributed by atoms with Gasteiger partial charge < -0.3 is 0 Å². The Bertz CT molecular complexity index is 463. The van der Waals surface area contributed by atoms with Crippen LogP contribution in [0.1, 0.15) is 18.1 Å². The second kappa shape index (κ2) is 6.37. The lowest BCUT2D eigenvalue weighted by atomic mass is 10.1. The first-order valence-corrected chi connectivity index (χ1v) is 5.99. The Morgan fingerprint density at radius 1 is 1.62 bits per heavy atom. The molecule has 0 radical (unpaired) electrons. The number of nitrogens with zero attached hydrogens (tertiary/aromatic N) is 1. The average molecular weight is 252 g/mol. The van der Waals surface area contributed by atoms with E-state index in [4.69, 9.17) is 16.9 Å². The minimum absolute atomic E-state index is 0.0799. The molecule has 1 rings (SSSR count). The molecule has 0 aromatic heterocycles. The van der Waals surface area contributed by atoms with Crippen LogP contribution in [-0.2, 0) is 4.79 Å². The van der Waals surface area contributed by atoms with E-state index >= 15 is 0 Å². The zero-order chi connectivity index (χ0) is 12.0. The first-order chi connectivity index (χ1) is 7.63. The van der Waals surface area contributed by atoms with Crippen molar-refractivity contribution in [1.82, 2.24) is 0 Å². The fourth-order valence-electron chi connectivity index (χ4n) is 1.11. The zero-order valence-corrected chi connectivity index (χ0v) is 10.3. The molecule has 0 aliphatic carbocycles. The molecule has 2 nitrogen and oxygen atoms in total. The van der Waals surface area contributed by atoms with Crippen LogP contribution in [0.2, 0.25) is 5.02 Å². The summed E-state index contributed by atoms with van der Waals surface area (Å²) in [6.45, 7) is 1.53. The van der Waals surface area contributed by atoms with Crippen LogP contribution in [0.5, 0.6) is 0 Å². The van der Waals surface area contributed by atoms with Gasteiger partial charge in [0.25, 0.3) is 0 Å². The number of rotatable bonds is 3. The summed E-state index contributed by atoms with van der Waals surface area (Å²) in [5.74, 6) is 0.604. The summed E-state index contributed by atoms with van der Waals surface area (Å²) in [5, 5.41) is 9.54. The zero-order valence-electron chi connectivity index (χ0n) is 8.74. The van der Waals surface area contributed by atoms with E-state index in [1.165, 1.54) is 18.7 Å². The van der Waals surface area contributed by atoms with E-state index in [-0.39, 0.29) is 5.12 Å². The smallest absolute Gasteiger partial charge is 0.186 e. The highest BCUT2D eigenvalue weighted by atomic mass is 35.5. The number of carbonyl (C=O) groups excluding carboxylic acids is 1. The van der Waals surface area contributed by atoms with Crippen molar-refractivity contribution < 1.29 is 4.79 Å². The standard InChI is InChI=1S/C12H10ClNOS/c1-9(15)16-6-2-3-10-7-12(13)5-4-11(10)8-14/h2-5,7H,6H2,1H3. The first-order valence-electron chi connectivity index (χ1n) is 4.63. The molecule has 0 spiro atoms. The number of nitriles is 1. The van der Waals surface area contributed by atoms with E-state index in [1.54, 1.807) is 24.3 Å². The van der Waals surface area contributed by atoms with Gasteiger partial charge in [0.1, 0.15) is 0 Å². The molecule has 0 bridgehead atoms. The van der Waals surface area contributed by atoms with Crippen LogP contribution in [0, 0.1) is 11.3 Å². The molecule has 0 N–H and O–H groups in total. The van der Waals surface area contributed by atoms with E-state index in [1.807, 2.05) is 6.08 Å². The van der Waals surface area contributed by atoms with Crippen LogP contribution in [0.15, 0.2) is 24.3 Å². The third-order valence-electron chi connectivity index (χ3n) is 1.81. The molecule has 0 heterocycles. The van der Waals surface area contributed by atoms with Crippen molar-refractivity contribution in [2.75, 3.05) is 5.75 Å². The molecule has 0 aliphatic heterocycles. The Labute approximate surface area is 104 Å². The molecule has 0 fully saturated rings. The van der Waals surface area contributed by atoms with Gasteiger partial charge in [0.2, 0.25) is 0 Å². The van der Waals surface area contributed by atoms with Gasteiger partial charge in [-0.3, -0.25) is 4.79 Å². The first kappa shape index (κ1) is 12.8. The minimum Gasteiger partial charge on any atom is -0.288 e. The maximum Gasteiger partial charge on any atom is 0.186 e. The molecular weight excluding hydrogens is 242 g/mol. The van der Waals surface area contributed by atoms with Crippen LogP contribution in [0.25, 0.3) is 6.08 Å². The number of hydrogen-bond acceptors (Lipinski definition) is 3. The monoisotopic (exact) mass is 251 g/mol. The summed E-state index contributed by atoms with van der Waals surface area (Å²) in [6.07, 6.45) is 3.65. The molecule has 1 aromatic rings. The second-order valence-electron chi connectivity index (χ2n) is 3.05. The molecule has 4 heteroatoms.